The van der Waals surface area contributed by atoms with Gasteiger partial charge >= 0.3 is 0 Å². The molecule has 0 radical (unpaired) electrons. The van der Waals surface area contributed by atoms with Gasteiger partial charge in [-0.3, -0.25) is 15.1 Å². The van der Waals surface area contributed by atoms with Crippen LogP contribution in [-0.2, 0) is 0 Å². The van der Waals surface area contributed by atoms with Crippen molar-refractivity contribution in [3.8, 4) is 39.7 Å². The lowest BCUT2D eigenvalue weighted by molar-refractivity contribution is 0.153. The van der Waals surface area contributed by atoms with Crippen LogP contribution in [0, 0.1) is 11.7 Å². The summed E-state index contributed by atoms with van der Waals surface area (Å²) in [5.74, 6) is 0.524. The van der Waals surface area contributed by atoms with Crippen LogP contribution in [0.5, 0.6) is 5.75 Å². The number of hydrogen-bond acceptors (Lipinski definition) is 8. The molecule has 6 aromatic rings. The lowest BCUT2D eigenvalue weighted by Crippen LogP contribution is -2.24. The zero-order valence-corrected chi connectivity index (χ0v) is 21.4. The van der Waals surface area contributed by atoms with Gasteiger partial charge in [-0.2, -0.15) is 5.10 Å². The molecule has 5 aromatic heterocycles. The van der Waals surface area contributed by atoms with Crippen LogP contribution in [0.15, 0.2) is 61.2 Å². The summed E-state index contributed by atoms with van der Waals surface area (Å²) in [5, 5.41) is 21.5. The molecular weight excluding hydrogens is 499 g/mol. The molecule has 0 saturated heterocycles. The van der Waals surface area contributed by atoms with E-state index in [0.29, 0.717) is 45.4 Å². The van der Waals surface area contributed by atoms with Gasteiger partial charge in [0.25, 0.3) is 0 Å². The van der Waals surface area contributed by atoms with Crippen LogP contribution in [-0.4, -0.2) is 53.6 Å². The predicted octanol–water partition coefficient (Wildman–Crippen LogP) is 5.16. The van der Waals surface area contributed by atoms with Crippen LogP contribution in [0.3, 0.4) is 0 Å². The summed E-state index contributed by atoms with van der Waals surface area (Å²) in [6.45, 7) is 3.86. The van der Waals surface area contributed by atoms with Crippen molar-refractivity contribution >= 4 is 27.8 Å². The van der Waals surface area contributed by atoms with Crippen molar-refractivity contribution in [1.82, 2.24) is 35.1 Å². The highest BCUT2D eigenvalue weighted by Crippen LogP contribution is 2.33. The zero-order chi connectivity index (χ0) is 27.1. The molecule has 0 aliphatic rings. The first kappa shape index (κ1) is 24.4. The molecule has 0 spiro atoms. The number of aromatic nitrogens is 7. The minimum atomic E-state index is -0.691. The molecule has 0 amide bonds. The quantitative estimate of drug-likeness (QED) is 0.210. The summed E-state index contributed by atoms with van der Waals surface area (Å²) in [5.41, 5.74) is 5.90. The first-order valence-corrected chi connectivity index (χ1v) is 12.3. The topological polar surface area (TPSA) is 138 Å². The number of aliphatic hydroxyl groups is 1. The van der Waals surface area contributed by atoms with E-state index < -0.39 is 12.0 Å². The summed E-state index contributed by atoms with van der Waals surface area (Å²) in [6, 6.07) is 10.1. The second-order valence-corrected chi connectivity index (χ2v) is 9.51. The number of nitrogens with one attached hydrogen (secondary N) is 3. The van der Waals surface area contributed by atoms with Crippen molar-refractivity contribution in [2.24, 2.45) is 5.92 Å². The SMILES string of the molecule is COc1cc(F)cc(-c2nccc3[nH]c(-c4n[nH]c5ncc(-c6cncc(NC(O)C(C)C)c6)cc45)nc23)c1. The molecule has 0 saturated carbocycles. The van der Waals surface area contributed by atoms with E-state index in [0.717, 1.165) is 22.0 Å². The van der Waals surface area contributed by atoms with E-state index in [1.54, 1.807) is 36.9 Å². The summed E-state index contributed by atoms with van der Waals surface area (Å²) >= 11 is 0. The lowest BCUT2D eigenvalue weighted by Gasteiger charge is -2.17. The van der Waals surface area contributed by atoms with Gasteiger partial charge in [-0.15, -0.1) is 0 Å². The van der Waals surface area contributed by atoms with Crippen molar-refractivity contribution < 1.29 is 14.2 Å². The highest BCUT2D eigenvalue weighted by atomic mass is 19.1. The van der Waals surface area contributed by atoms with Gasteiger partial charge in [0.2, 0.25) is 0 Å². The van der Waals surface area contributed by atoms with Crippen molar-refractivity contribution in [1.29, 1.82) is 0 Å². The van der Waals surface area contributed by atoms with Crippen molar-refractivity contribution in [2.75, 3.05) is 12.4 Å². The van der Waals surface area contributed by atoms with E-state index in [4.69, 9.17) is 9.72 Å². The van der Waals surface area contributed by atoms with E-state index in [2.05, 4.69) is 35.5 Å². The van der Waals surface area contributed by atoms with E-state index in [-0.39, 0.29) is 5.92 Å². The Morgan fingerprint density at radius 2 is 1.82 bits per heavy atom. The highest BCUT2D eigenvalue weighted by Gasteiger charge is 2.18. The number of halogens is 1. The van der Waals surface area contributed by atoms with Crippen LogP contribution in [0.2, 0.25) is 0 Å². The lowest BCUT2D eigenvalue weighted by atomic mass is 10.1. The Kier molecular flexibility index (Phi) is 6.12. The maximum atomic E-state index is 14.2. The van der Waals surface area contributed by atoms with Gasteiger partial charge in [-0.05, 0) is 36.2 Å². The summed E-state index contributed by atoms with van der Waals surface area (Å²) in [6.07, 6.45) is 6.09. The van der Waals surface area contributed by atoms with Gasteiger partial charge in [0.05, 0.1) is 35.6 Å². The number of nitrogens with zero attached hydrogens (tertiary/aromatic N) is 5. The average Bonchev–Trinajstić information content (AvgIpc) is 3.56. The van der Waals surface area contributed by atoms with Crippen molar-refractivity contribution in [3.63, 3.8) is 0 Å². The van der Waals surface area contributed by atoms with E-state index in [9.17, 15) is 9.50 Å². The van der Waals surface area contributed by atoms with E-state index >= 15 is 0 Å². The van der Waals surface area contributed by atoms with Crippen LogP contribution in [0.25, 0.3) is 56.0 Å². The maximum absolute atomic E-state index is 14.2. The third kappa shape index (κ3) is 4.64. The third-order valence-corrected chi connectivity index (χ3v) is 6.44. The Morgan fingerprint density at radius 3 is 2.64 bits per heavy atom. The predicted molar refractivity (Wildman–Crippen MR) is 146 cm³/mol. The molecule has 0 aliphatic carbocycles. The summed E-state index contributed by atoms with van der Waals surface area (Å²) in [4.78, 5) is 21.4. The Balaban J connectivity index is 1.41. The summed E-state index contributed by atoms with van der Waals surface area (Å²) in [7, 11) is 1.49. The normalized spacial score (nSPS) is 12.4. The monoisotopic (exact) mass is 524 g/mol. The molecule has 0 aliphatic heterocycles. The van der Waals surface area contributed by atoms with Crippen LogP contribution in [0.4, 0.5) is 10.1 Å². The Bertz CT molecular complexity index is 1810. The maximum Gasteiger partial charge on any atom is 0.159 e. The zero-order valence-electron chi connectivity index (χ0n) is 21.4. The van der Waals surface area contributed by atoms with Crippen molar-refractivity contribution in [3.05, 3.63) is 67.0 Å². The molecule has 11 heteroatoms. The van der Waals surface area contributed by atoms with Crippen LogP contribution in [0.1, 0.15) is 13.8 Å². The first-order valence-electron chi connectivity index (χ1n) is 12.3. The molecule has 0 fully saturated rings. The highest BCUT2D eigenvalue weighted by molar-refractivity contribution is 5.96. The minimum Gasteiger partial charge on any atom is -0.497 e. The molecule has 10 nitrogen and oxygen atoms in total. The van der Waals surface area contributed by atoms with E-state index in [1.165, 1.54) is 19.2 Å². The fourth-order valence-corrected chi connectivity index (χ4v) is 4.33. The number of H-pyrrole nitrogens is 2. The number of imidazole rings is 1. The Morgan fingerprint density at radius 1 is 0.974 bits per heavy atom. The second kappa shape index (κ2) is 9.76. The molecule has 0 bridgehead atoms. The molecule has 1 atom stereocenters. The number of methoxy groups -OCH3 is 1. The molecule has 1 aromatic carbocycles. The van der Waals surface area contributed by atoms with E-state index in [1.807, 2.05) is 26.0 Å². The van der Waals surface area contributed by atoms with Gasteiger partial charge < -0.3 is 20.1 Å². The molecule has 4 N–H and O–H groups in total. The fraction of sp³-hybridized carbons (Fsp3) is 0.179. The number of fused-ring (bicyclic) bond motifs is 2. The molecular formula is C28H25FN8O2. The largest absolute Gasteiger partial charge is 0.497 e. The van der Waals surface area contributed by atoms with Crippen LogP contribution >= 0.6 is 0 Å². The number of anilines is 1. The smallest absolute Gasteiger partial charge is 0.159 e. The number of aliphatic hydroxyl groups excluding tert-OH is 1. The molecule has 1 unspecified atom stereocenters. The number of hydrogen-bond donors (Lipinski definition) is 4. The fourth-order valence-electron chi connectivity index (χ4n) is 4.33. The molecule has 5 heterocycles. The van der Waals surface area contributed by atoms with Crippen molar-refractivity contribution in [2.45, 2.75) is 20.1 Å². The number of pyridine rings is 3. The minimum absolute atomic E-state index is 0.0441. The number of ether oxygens (including phenoxy) is 1. The Hall–Kier alpha value is -4.90. The van der Waals surface area contributed by atoms with Gasteiger partial charge in [-0.1, -0.05) is 13.8 Å². The average molecular weight is 525 g/mol. The number of rotatable bonds is 7. The summed E-state index contributed by atoms with van der Waals surface area (Å²) < 4.78 is 19.5. The molecule has 196 valence electrons. The van der Waals surface area contributed by atoms with Gasteiger partial charge in [0, 0.05) is 41.3 Å². The van der Waals surface area contributed by atoms with Crippen LogP contribution < -0.4 is 10.1 Å². The first-order chi connectivity index (χ1) is 18.9. The second-order valence-electron chi connectivity index (χ2n) is 9.51. The molecule has 6 rings (SSSR count). The molecule has 39 heavy (non-hydrogen) atoms. The van der Waals surface area contributed by atoms with Gasteiger partial charge in [-0.25, -0.2) is 14.4 Å². The van der Waals surface area contributed by atoms with Gasteiger partial charge in [0.1, 0.15) is 29.0 Å². The Labute approximate surface area is 222 Å². The van der Waals surface area contributed by atoms with Gasteiger partial charge in [0.15, 0.2) is 11.5 Å². The standard InChI is InChI=1S/C28H25FN8O2/c1-14(2)28(38)33-19-7-16(11-30-13-19)17-9-21-24(36-37-26(21)32-12-17)27-34-22-4-5-31-23(25(22)35-27)15-6-18(29)10-20(8-15)39-3/h4-14,28,33,38H,1-3H3,(H,34,35)(H,32,36,37). The number of aromatic amines is 2. The number of benzene rings is 1. The third-order valence-electron chi connectivity index (χ3n) is 6.44.